The summed E-state index contributed by atoms with van der Waals surface area (Å²) in [5.74, 6) is -0.517. The molecule has 0 aliphatic carbocycles. The summed E-state index contributed by atoms with van der Waals surface area (Å²) in [6, 6.07) is 14.8. The molecule has 4 rings (SSSR count). The Morgan fingerprint density at radius 2 is 1.88 bits per heavy atom. The van der Waals surface area contributed by atoms with Crippen molar-refractivity contribution in [2.24, 2.45) is 4.99 Å². The van der Waals surface area contributed by atoms with Crippen LogP contribution in [0.2, 0.25) is 0 Å². The molecule has 0 saturated heterocycles. The van der Waals surface area contributed by atoms with Gasteiger partial charge >= 0.3 is 5.97 Å². The van der Waals surface area contributed by atoms with Crippen LogP contribution in [0.1, 0.15) is 31.0 Å². The van der Waals surface area contributed by atoms with Gasteiger partial charge in [-0.15, -0.1) is 0 Å². The number of nitro groups is 1. The minimum atomic E-state index is -0.686. The fourth-order valence-electron chi connectivity index (χ4n) is 3.63. The average Bonchev–Trinajstić information content (AvgIpc) is 3.12. The zero-order chi connectivity index (χ0) is 24.2. The van der Waals surface area contributed by atoms with Crippen LogP contribution in [-0.2, 0) is 9.53 Å². The van der Waals surface area contributed by atoms with Gasteiger partial charge in [0.25, 0.3) is 11.2 Å². The second-order valence-electron chi connectivity index (χ2n) is 7.46. The lowest BCUT2D eigenvalue weighted by atomic mass is 10.0. The van der Waals surface area contributed by atoms with Crippen molar-refractivity contribution < 1.29 is 14.5 Å². The molecule has 1 unspecified atom stereocenters. The monoisotopic (exact) mass is 475 g/mol. The van der Waals surface area contributed by atoms with E-state index in [1.165, 1.54) is 28.0 Å². The van der Waals surface area contributed by atoms with Crippen LogP contribution in [-0.4, -0.2) is 22.1 Å². The standard InChI is InChI=1S/C25H21N3O5S/c1-3-33-24(30)22-16(2)26-25-27(20(22)14-11-17-7-5-4-6-8-17)23(29)21(34-25)15-18-9-12-19(13-10-18)28(31)32/h4-15,20H,3H2,1-2H3/b14-11+,21-15+. The molecule has 0 N–H and O–H groups in total. The molecule has 0 fully saturated rings. The number of hydrogen-bond acceptors (Lipinski definition) is 7. The van der Waals surface area contributed by atoms with Gasteiger partial charge in [-0.1, -0.05) is 53.8 Å². The van der Waals surface area contributed by atoms with Gasteiger partial charge in [-0.3, -0.25) is 19.5 Å². The third kappa shape index (κ3) is 4.65. The second-order valence-corrected chi connectivity index (χ2v) is 8.47. The molecule has 0 radical (unpaired) electrons. The third-order valence-corrected chi connectivity index (χ3v) is 6.21. The Kier molecular flexibility index (Phi) is 6.65. The number of esters is 1. The number of fused-ring (bicyclic) bond motifs is 1. The normalized spacial score (nSPS) is 15.8. The van der Waals surface area contributed by atoms with E-state index in [1.54, 1.807) is 38.1 Å². The van der Waals surface area contributed by atoms with Crippen molar-refractivity contribution in [1.82, 2.24) is 4.57 Å². The maximum atomic E-state index is 13.4. The van der Waals surface area contributed by atoms with Crippen molar-refractivity contribution in [2.45, 2.75) is 19.9 Å². The third-order valence-electron chi connectivity index (χ3n) is 5.23. The number of rotatable bonds is 6. The quantitative estimate of drug-likeness (QED) is 0.309. The van der Waals surface area contributed by atoms with E-state index in [0.717, 1.165) is 5.56 Å². The summed E-state index contributed by atoms with van der Waals surface area (Å²) in [7, 11) is 0. The zero-order valence-electron chi connectivity index (χ0n) is 18.5. The first-order valence-corrected chi connectivity index (χ1v) is 11.4. The number of carbonyl (C=O) groups excluding carboxylic acids is 1. The topological polar surface area (TPSA) is 104 Å². The van der Waals surface area contributed by atoms with Gasteiger partial charge in [-0.05, 0) is 43.2 Å². The van der Waals surface area contributed by atoms with E-state index in [1.807, 2.05) is 36.4 Å². The van der Waals surface area contributed by atoms with Crippen LogP contribution in [0.15, 0.2) is 81.7 Å². The zero-order valence-corrected chi connectivity index (χ0v) is 19.3. The number of nitrogens with zero attached hydrogens (tertiary/aromatic N) is 3. The second kappa shape index (κ2) is 9.80. The van der Waals surface area contributed by atoms with Gasteiger partial charge in [0, 0.05) is 12.1 Å². The number of non-ortho nitro benzene ring substituents is 1. The molecule has 3 aromatic rings. The SMILES string of the molecule is CCOC(=O)C1=C(C)N=c2s/c(=C/c3ccc([N+](=O)[O-])cc3)c(=O)n2C1/C=C/c1ccccc1. The smallest absolute Gasteiger partial charge is 0.338 e. The molecule has 34 heavy (non-hydrogen) atoms. The molecular formula is C25H21N3O5S. The van der Waals surface area contributed by atoms with E-state index in [-0.39, 0.29) is 17.9 Å². The van der Waals surface area contributed by atoms with Crippen LogP contribution >= 0.6 is 11.3 Å². The Labute approximate surface area is 198 Å². The minimum absolute atomic E-state index is 0.0284. The Hall–Kier alpha value is -4.11. The number of benzene rings is 2. The van der Waals surface area contributed by atoms with Crippen molar-refractivity contribution in [3.05, 3.63) is 113 Å². The van der Waals surface area contributed by atoms with Crippen LogP contribution in [0.25, 0.3) is 12.2 Å². The van der Waals surface area contributed by atoms with Crippen molar-refractivity contribution >= 4 is 35.1 Å². The predicted octanol–water partition coefficient (Wildman–Crippen LogP) is 3.37. The number of allylic oxidation sites excluding steroid dienone is 2. The first-order valence-electron chi connectivity index (χ1n) is 10.6. The van der Waals surface area contributed by atoms with Gasteiger partial charge in [-0.25, -0.2) is 9.79 Å². The Balaban J connectivity index is 1.84. The first kappa shape index (κ1) is 23.1. The van der Waals surface area contributed by atoms with Crippen molar-refractivity contribution in [3.63, 3.8) is 0 Å². The number of nitro benzene ring substituents is 1. The van der Waals surface area contributed by atoms with Gasteiger partial charge in [0.2, 0.25) is 0 Å². The fraction of sp³-hybridized carbons (Fsp3) is 0.160. The van der Waals surface area contributed by atoms with Crippen LogP contribution in [0.5, 0.6) is 0 Å². The largest absolute Gasteiger partial charge is 0.463 e. The molecule has 1 aromatic heterocycles. The van der Waals surface area contributed by atoms with Gasteiger partial charge in [0.05, 0.1) is 33.4 Å². The van der Waals surface area contributed by atoms with Crippen LogP contribution in [0, 0.1) is 10.1 Å². The van der Waals surface area contributed by atoms with Crippen LogP contribution in [0.3, 0.4) is 0 Å². The molecule has 2 heterocycles. The lowest BCUT2D eigenvalue weighted by Crippen LogP contribution is -2.38. The van der Waals surface area contributed by atoms with E-state index >= 15 is 0 Å². The first-order chi connectivity index (χ1) is 16.4. The summed E-state index contributed by atoms with van der Waals surface area (Å²) in [5.41, 5.74) is 2.04. The highest BCUT2D eigenvalue weighted by Crippen LogP contribution is 2.26. The van der Waals surface area contributed by atoms with E-state index in [0.29, 0.717) is 26.2 Å². The maximum absolute atomic E-state index is 13.4. The van der Waals surface area contributed by atoms with Gasteiger partial charge in [0.15, 0.2) is 4.80 Å². The minimum Gasteiger partial charge on any atom is -0.463 e. The van der Waals surface area contributed by atoms with Crippen molar-refractivity contribution in [3.8, 4) is 0 Å². The molecule has 172 valence electrons. The lowest BCUT2D eigenvalue weighted by Gasteiger charge is -2.21. The Bertz CT molecular complexity index is 1480. The van der Waals surface area contributed by atoms with E-state index < -0.39 is 16.9 Å². The number of thiazole rings is 1. The molecule has 1 atom stereocenters. The number of carbonyl (C=O) groups is 1. The van der Waals surface area contributed by atoms with Gasteiger partial charge in [0.1, 0.15) is 0 Å². The highest BCUT2D eigenvalue weighted by Gasteiger charge is 2.30. The molecule has 9 heteroatoms. The Morgan fingerprint density at radius 1 is 1.18 bits per heavy atom. The Morgan fingerprint density at radius 3 is 2.53 bits per heavy atom. The van der Waals surface area contributed by atoms with Gasteiger partial charge < -0.3 is 4.74 Å². The highest BCUT2D eigenvalue weighted by molar-refractivity contribution is 7.07. The highest BCUT2D eigenvalue weighted by atomic mass is 32.1. The predicted molar refractivity (Wildman–Crippen MR) is 130 cm³/mol. The number of hydrogen-bond donors (Lipinski definition) is 0. The lowest BCUT2D eigenvalue weighted by molar-refractivity contribution is -0.384. The van der Waals surface area contributed by atoms with E-state index in [4.69, 9.17) is 4.74 Å². The van der Waals surface area contributed by atoms with Crippen molar-refractivity contribution in [1.29, 1.82) is 0 Å². The van der Waals surface area contributed by atoms with E-state index in [2.05, 4.69) is 4.99 Å². The van der Waals surface area contributed by atoms with Crippen LogP contribution < -0.4 is 14.9 Å². The summed E-state index contributed by atoms with van der Waals surface area (Å²) in [5, 5.41) is 10.9. The summed E-state index contributed by atoms with van der Waals surface area (Å²) in [6.07, 6.45) is 5.32. The molecular weight excluding hydrogens is 454 g/mol. The fourth-order valence-corrected chi connectivity index (χ4v) is 4.68. The number of ether oxygens (including phenoxy) is 1. The molecule has 0 amide bonds. The summed E-state index contributed by atoms with van der Waals surface area (Å²) in [4.78, 5) is 41.6. The molecule has 0 spiro atoms. The van der Waals surface area contributed by atoms with Gasteiger partial charge in [-0.2, -0.15) is 0 Å². The van der Waals surface area contributed by atoms with E-state index in [9.17, 15) is 19.7 Å². The average molecular weight is 476 g/mol. The molecule has 0 bridgehead atoms. The summed E-state index contributed by atoms with van der Waals surface area (Å²) < 4.78 is 7.15. The molecule has 2 aromatic carbocycles. The maximum Gasteiger partial charge on any atom is 0.338 e. The number of aromatic nitrogens is 1. The summed E-state index contributed by atoms with van der Waals surface area (Å²) >= 11 is 1.20. The molecule has 0 saturated carbocycles. The van der Waals surface area contributed by atoms with Crippen molar-refractivity contribution in [2.75, 3.05) is 6.61 Å². The summed E-state index contributed by atoms with van der Waals surface area (Å²) in [6.45, 7) is 3.65. The molecule has 1 aliphatic heterocycles. The molecule has 1 aliphatic rings. The van der Waals surface area contributed by atoms with Crippen LogP contribution in [0.4, 0.5) is 5.69 Å². The molecule has 8 nitrogen and oxygen atoms in total.